The van der Waals surface area contributed by atoms with E-state index in [0.29, 0.717) is 0 Å². The quantitative estimate of drug-likeness (QED) is 0.700. The van der Waals surface area contributed by atoms with Crippen molar-refractivity contribution in [2.24, 2.45) is 0 Å². The molecule has 0 radical (unpaired) electrons. The van der Waals surface area contributed by atoms with E-state index >= 15 is 0 Å². The molecule has 2 N–H and O–H groups in total. The summed E-state index contributed by atoms with van der Waals surface area (Å²) >= 11 is 2.83. The summed E-state index contributed by atoms with van der Waals surface area (Å²) in [6, 6.07) is 8.47. The molecule has 0 atom stereocenters. The van der Waals surface area contributed by atoms with Crippen LogP contribution in [0.5, 0.6) is 0 Å². The summed E-state index contributed by atoms with van der Waals surface area (Å²) in [5.74, 6) is -0.649. The zero-order chi connectivity index (χ0) is 19.8. The normalized spacial score (nSPS) is 14.8. The number of carbonyl (C=O) groups excluding carboxylic acids is 1. The Morgan fingerprint density at radius 3 is 2.26 bits per heavy atom. The van der Waals surface area contributed by atoms with Crippen LogP contribution in [-0.4, -0.2) is 20.4 Å². The predicted molar refractivity (Wildman–Crippen MR) is 96.9 cm³/mol. The third-order valence-electron chi connectivity index (χ3n) is 3.86. The maximum Gasteiger partial charge on any atom is 0.417 e. The number of rotatable bonds is 5. The van der Waals surface area contributed by atoms with Crippen LogP contribution in [0.25, 0.3) is 0 Å². The van der Waals surface area contributed by atoms with Crippen molar-refractivity contribution in [2.45, 2.75) is 30.0 Å². The molecular weight excluding hydrogens is 449 g/mol. The lowest BCUT2D eigenvalue weighted by molar-refractivity contribution is -0.138. The van der Waals surface area contributed by atoms with E-state index in [2.05, 4.69) is 26.0 Å². The molecule has 1 aliphatic rings. The smallest absolute Gasteiger partial charge is 0.322 e. The molecule has 5 nitrogen and oxygen atoms in total. The van der Waals surface area contributed by atoms with Crippen molar-refractivity contribution in [3.8, 4) is 0 Å². The number of carbonyl (C=O) groups is 1. The molecule has 10 heteroatoms. The number of benzene rings is 2. The fourth-order valence-corrected chi connectivity index (χ4v) is 4.07. The molecule has 0 aromatic heterocycles. The second kappa shape index (κ2) is 7.25. The fraction of sp³-hybridized carbons (Fsp3) is 0.235. The van der Waals surface area contributed by atoms with Gasteiger partial charge >= 0.3 is 6.18 Å². The molecule has 27 heavy (non-hydrogen) atoms. The van der Waals surface area contributed by atoms with Crippen molar-refractivity contribution >= 4 is 37.5 Å². The van der Waals surface area contributed by atoms with E-state index in [1.54, 1.807) is 0 Å². The number of hydrogen-bond donors (Lipinski definition) is 2. The summed E-state index contributed by atoms with van der Waals surface area (Å²) in [5, 5.41) is 2.37. The van der Waals surface area contributed by atoms with Gasteiger partial charge in [0.1, 0.15) is 0 Å². The van der Waals surface area contributed by atoms with Crippen molar-refractivity contribution in [1.82, 2.24) is 4.72 Å². The van der Waals surface area contributed by atoms with E-state index < -0.39 is 27.7 Å². The average Bonchev–Trinajstić information content (AvgIpc) is 3.39. The van der Waals surface area contributed by atoms with Gasteiger partial charge in [0.15, 0.2) is 0 Å². The Hall–Kier alpha value is -1.91. The van der Waals surface area contributed by atoms with E-state index in [0.717, 1.165) is 18.9 Å². The molecular formula is C17H14BrF3N2O3S. The molecule has 0 heterocycles. The molecule has 0 spiro atoms. The lowest BCUT2D eigenvalue weighted by Crippen LogP contribution is -2.25. The maximum atomic E-state index is 12.9. The van der Waals surface area contributed by atoms with Gasteiger partial charge in [0.05, 0.1) is 10.5 Å². The summed E-state index contributed by atoms with van der Waals surface area (Å²) < 4.78 is 65.4. The van der Waals surface area contributed by atoms with E-state index in [1.165, 1.54) is 36.4 Å². The van der Waals surface area contributed by atoms with Crippen LogP contribution in [0.1, 0.15) is 28.8 Å². The number of hydrogen-bond acceptors (Lipinski definition) is 3. The molecule has 1 fully saturated rings. The van der Waals surface area contributed by atoms with Gasteiger partial charge in [0.2, 0.25) is 10.0 Å². The summed E-state index contributed by atoms with van der Waals surface area (Å²) in [4.78, 5) is 12.3. The second-order valence-corrected chi connectivity index (χ2v) is 8.63. The van der Waals surface area contributed by atoms with Gasteiger partial charge in [-0.2, -0.15) is 13.2 Å². The van der Waals surface area contributed by atoms with Gasteiger partial charge in [-0.15, -0.1) is 0 Å². The van der Waals surface area contributed by atoms with Gasteiger partial charge < -0.3 is 5.32 Å². The molecule has 3 rings (SSSR count). The molecule has 0 saturated heterocycles. The zero-order valence-electron chi connectivity index (χ0n) is 13.7. The molecule has 0 unspecified atom stereocenters. The average molecular weight is 463 g/mol. The van der Waals surface area contributed by atoms with Crippen LogP contribution < -0.4 is 10.0 Å². The van der Waals surface area contributed by atoms with E-state index in [9.17, 15) is 26.4 Å². The number of sulfonamides is 1. The minimum absolute atomic E-state index is 0.0222. The third kappa shape index (κ3) is 4.88. The van der Waals surface area contributed by atoms with Crippen LogP contribution in [0.2, 0.25) is 0 Å². The van der Waals surface area contributed by atoms with Gasteiger partial charge in [0, 0.05) is 21.8 Å². The predicted octanol–water partition coefficient (Wildman–Crippen LogP) is 4.16. The number of halogens is 4. The molecule has 0 aliphatic heterocycles. The number of nitrogens with one attached hydrogen (secondary N) is 2. The summed E-state index contributed by atoms with van der Waals surface area (Å²) in [6.07, 6.45) is -2.97. The highest BCUT2D eigenvalue weighted by atomic mass is 79.9. The van der Waals surface area contributed by atoms with Crippen LogP contribution in [0.3, 0.4) is 0 Å². The van der Waals surface area contributed by atoms with Crippen LogP contribution in [-0.2, 0) is 16.2 Å². The van der Waals surface area contributed by atoms with Crippen LogP contribution in [0.15, 0.2) is 51.8 Å². The zero-order valence-corrected chi connectivity index (χ0v) is 16.1. The highest BCUT2D eigenvalue weighted by molar-refractivity contribution is 9.10. The van der Waals surface area contributed by atoms with E-state index in [-0.39, 0.29) is 26.7 Å². The Balaban J connectivity index is 1.75. The Bertz CT molecular complexity index is 972. The van der Waals surface area contributed by atoms with Gasteiger partial charge in [-0.25, -0.2) is 13.1 Å². The maximum absolute atomic E-state index is 12.9. The van der Waals surface area contributed by atoms with Crippen molar-refractivity contribution in [3.63, 3.8) is 0 Å². The van der Waals surface area contributed by atoms with Crippen molar-refractivity contribution in [3.05, 3.63) is 58.1 Å². The summed E-state index contributed by atoms with van der Waals surface area (Å²) in [5.41, 5.74) is -0.813. The Morgan fingerprint density at radius 2 is 1.70 bits per heavy atom. The molecule has 144 valence electrons. The van der Waals surface area contributed by atoms with Gasteiger partial charge in [-0.1, -0.05) is 15.9 Å². The van der Waals surface area contributed by atoms with Crippen molar-refractivity contribution in [2.75, 3.05) is 5.32 Å². The van der Waals surface area contributed by atoms with Gasteiger partial charge in [-0.3, -0.25) is 4.79 Å². The molecule has 1 amide bonds. The first kappa shape index (κ1) is 19.8. The van der Waals surface area contributed by atoms with E-state index in [4.69, 9.17) is 0 Å². The third-order valence-corrected chi connectivity index (χ3v) is 6.08. The Kier molecular flexibility index (Phi) is 5.33. The largest absolute Gasteiger partial charge is 0.417 e. The summed E-state index contributed by atoms with van der Waals surface area (Å²) in [6.45, 7) is 0. The highest BCUT2D eigenvalue weighted by Gasteiger charge is 2.33. The SMILES string of the molecule is O=C(Nc1ccc(Br)c(C(F)(F)F)c1)c1ccc(S(=O)(=O)NC2CC2)cc1. The van der Waals surface area contributed by atoms with E-state index in [1.807, 2.05) is 0 Å². The second-order valence-electron chi connectivity index (χ2n) is 6.07. The van der Waals surface area contributed by atoms with Gasteiger partial charge in [0.25, 0.3) is 5.91 Å². The Labute approximate surface area is 162 Å². The first-order chi connectivity index (χ1) is 12.6. The van der Waals surface area contributed by atoms with Crippen LogP contribution in [0.4, 0.5) is 18.9 Å². The highest BCUT2D eigenvalue weighted by Crippen LogP contribution is 2.36. The first-order valence-electron chi connectivity index (χ1n) is 7.87. The number of alkyl halides is 3. The summed E-state index contributed by atoms with van der Waals surface area (Å²) in [7, 11) is -3.64. The number of anilines is 1. The lowest BCUT2D eigenvalue weighted by Gasteiger charge is -2.12. The molecule has 1 aliphatic carbocycles. The lowest BCUT2D eigenvalue weighted by atomic mass is 10.1. The standard InChI is InChI=1S/C17H14BrF3N2O3S/c18-15-8-5-12(9-14(15)17(19,20)21)22-16(24)10-1-6-13(7-2-10)27(25,26)23-11-3-4-11/h1-2,5-9,11,23H,3-4H2,(H,22,24). The molecule has 2 aromatic carbocycles. The number of amides is 1. The fourth-order valence-electron chi connectivity index (χ4n) is 2.30. The first-order valence-corrected chi connectivity index (χ1v) is 10.1. The Morgan fingerprint density at radius 1 is 1.07 bits per heavy atom. The van der Waals surface area contributed by atoms with Crippen molar-refractivity contribution in [1.29, 1.82) is 0 Å². The molecule has 1 saturated carbocycles. The topological polar surface area (TPSA) is 75.3 Å². The van der Waals surface area contributed by atoms with Crippen molar-refractivity contribution < 1.29 is 26.4 Å². The van der Waals surface area contributed by atoms with Gasteiger partial charge in [-0.05, 0) is 55.3 Å². The van der Waals surface area contributed by atoms with Crippen LogP contribution >= 0.6 is 15.9 Å². The monoisotopic (exact) mass is 462 g/mol. The minimum Gasteiger partial charge on any atom is -0.322 e. The van der Waals surface area contributed by atoms with Crippen LogP contribution in [0, 0.1) is 0 Å². The minimum atomic E-state index is -4.57. The molecule has 2 aromatic rings. The molecule has 0 bridgehead atoms.